The predicted octanol–water partition coefficient (Wildman–Crippen LogP) is 1.63. The summed E-state index contributed by atoms with van der Waals surface area (Å²) in [5.74, 6) is -0.567. The van der Waals surface area contributed by atoms with Gasteiger partial charge in [0.05, 0.1) is 6.26 Å². The summed E-state index contributed by atoms with van der Waals surface area (Å²) in [6.07, 6.45) is 2.38. The normalized spacial score (nSPS) is 18.1. The molecule has 1 fully saturated rings. The molecule has 1 unspecified atom stereocenters. The lowest BCUT2D eigenvalue weighted by atomic mass is 10.2. The fraction of sp³-hybridized carbons (Fsp3) is 0.500. The lowest BCUT2D eigenvalue weighted by molar-refractivity contribution is -0.124. The first-order valence-electron chi connectivity index (χ1n) is 7.99. The monoisotopic (exact) mass is 431 g/mol. The van der Waals surface area contributed by atoms with E-state index in [0.29, 0.717) is 25.1 Å². The summed E-state index contributed by atoms with van der Waals surface area (Å²) in [4.78, 5) is 24.2. The van der Waals surface area contributed by atoms with Gasteiger partial charge in [0, 0.05) is 29.7 Å². The Morgan fingerprint density at radius 1 is 1.36 bits per heavy atom. The first kappa shape index (κ1) is 19.9. The van der Waals surface area contributed by atoms with Crippen LogP contribution in [0.2, 0.25) is 0 Å². The van der Waals surface area contributed by atoms with E-state index in [9.17, 15) is 18.0 Å². The fourth-order valence-corrected chi connectivity index (χ4v) is 4.24. The van der Waals surface area contributed by atoms with Crippen molar-refractivity contribution in [1.29, 1.82) is 0 Å². The Kier molecular flexibility index (Phi) is 6.59. The maximum atomic E-state index is 12.2. The van der Waals surface area contributed by atoms with Crippen molar-refractivity contribution < 1.29 is 18.0 Å². The topological polar surface area (TPSA) is 95.6 Å². The smallest absolute Gasteiger partial charge is 0.238 e. The highest BCUT2D eigenvalue weighted by molar-refractivity contribution is 9.10. The van der Waals surface area contributed by atoms with Gasteiger partial charge in [0.1, 0.15) is 6.04 Å². The second-order valence-corrected chi connectivity index (χ2v) is 8.93. The Morgan fingerprint density at radius 2 is 2.08 bits per heavy atom. The molecule has 25 heavy (non-hydrogen) atoms. The number of anilines is 1. The van der Waals surface area contributed by atoms with E-state index in [1.54, 1.807) is 0 Å². The van der Waals surface area contributed by atoms with Gasteiger partial charge in [0.25, 0.3) is 0 Å². The summed E-state index contributed by atoms with van der Waals surface area (Å²) in [6, 6.07) is 4.92. The molecule has 7 nitrogen and oxygen atoms in total. The van der Waals surface area contributed by atoms with Crippen LogP contribution in [0.3, 0.4) is 0 Å². The molecule has 0 radical (unpaired) electrons. The van der Waals surface area contributed by atoms with Crippen molar-refractivity contribution in [2.75, 3.05) is 24.7 Å². The van der Waals surface area contributed by atoms with E-state index in [4.69, 9.17) is 0 Å². The molecule has 0 aliphatic carbocycles. The van der Waals surface area contributed by atoms with E-state index in [0.717, 1.165) is 16.3 Å². The number of carbonyl (C=O) groups is 2. The molecular formula is C16H22BrN3O4S. The molecule has 2 rings (SSSR count). The molecular weight excluding hydrogens is 410 g/mol. The third-order valence-electron chi connectivity index (χ3n) is 4.06. The number of benzene rings is 1. The Bertz CT molecular complexity index is 767. The summed E-state index contributed by atoms with van der Waals surface area (Å²) in [7, 11) is -3.40. The van der Waals surface area contributed by atoms with Crippen molar-refractivity contribution in [1.82, 2.24) is 9.62 Å². The molecule has 1 aromatic carbocycles. The van der Waals surface area contributed by atoms with Gasteiger partial charge < -0.3 is 10.6 Å². The molecule has 1 heterocycles. The molecule has 0 bridgehead atoms. The van der Waals surface area contributed by atoms with Crippen molar-refractivity contribution in [3.8, 4) is 0 Å². The number of hydrogen-bond donors (Lipinski definition) is 2. The zero-order valence-electron chi connectivity index (χ0n) is 14.2. The van der Waals surface area contributed by atoms with Crippen molar-refractivity contribution in [3.05, 3.63) is 28.2 Å². The Morgan fingerprint density at radius 3 is 2.76 bits per heavy atom. The van der Waals surface area contributed by atoms with Gasteiger partial charge >= 0.3 is 0 Å². The number of hydrogen-bond acceptors (Lipinski definition) is 4. The van der Waals surface area contributed by atoms with Gasteiger partial charge in [0.2, 0.25) is 21.8 Å². The average molecular weight is 432 g/mol. The molecule has 1 atom stereocenters. The zero-order valence-corrected chi connectivity index (χ0v) is 16.6. The van der Waals surface area contributed by atoms with E-state index in [1.807, 2.05) is 25.1 Å². The number of rotatable bonds is 6. The van der Waals surface area contributed by atoms with Gasteiger partial charge in [-0.3, -0.25) is 9.59 Å². The summed E-state index contributed by atoms with van der Waals surface area (Å²) < 4.78 is 25.4. The third kappa shape index (κ3) is 5.52. The lowest BCUT2D eigenvalue weighted by Gasteiger charge is -2.21. The molecule has 1 aromatic rings. The number of carbonyl (C=O) groups excluding carboxylic acids is 2. The molecule has 0 aromatic heterocycles. The number of amides is 2. The van der Waals surface area contributed by atoms with Crippen molar-refractivity contribution >= 4 is 43.5 Å². The van der Waals surface area contributed by atoms with Crippen molar-refractivity contribution in [2.24, 2.45) is 0 Å². The summed E-state index contributed by atoms with van der Waals surface area (Å²) in [6.45, 7) is 2.41. The van der Waals surface area contributed by atoms with E-state index >= 15 is 0 Å². The first-order chi connectivity index (χ1) is 11.7. The SMILES string of the molecule is Cc1ccc(Br)cc1NC(=O)CCNC(=O)C1CCCN1S(C)(=O)=O. The van der Waals surface area contributed by atoms with Crippen molar-refractivity contribution in [2.45, 2.75) is 32.2 Å². The molecule has 138 valence electrons. The van der Waals surface area contributed by atoms with E-state index < -0.39 is 16.1 Å². The van der Waals surface area contributed by atoms with Crippen LogP contribution in [0.4, 0.5) is 5.69 Å². The highest BCUT2D eigenvalue weighted by Crippen LogP contribution is 2.21. The second-order valence-electron chi connectivity index (χ2n) is 6.08. The van der Waals surface area contributed by atoms with Crippen LogP contribution in [-0.2, 0) is 19.6 Å². The molecule has 1 saturated heterocycles. The van der Waals surface area contributed by atoms with Crippen LogP contribution in [0.1, 0.15) is 24.8 Å². The number of nitrogens with one attached hydrogen (secondary N) is 2. The number of halogens is 1. The fourth-order valence-electron chi connectivity index (χ4n) is 2.76. The molecule has 2 N–H and O–H groups in total. The molecule has 1 aliphatic heterocycles. The Hall–Kier alpha value is -1.45. The van der Waals surface area contributed by atoms with E-state index in [2.05, 4.69) is 26.6 Å². The van der Waals surface area contributed by atoms with Crippen LogP contribution in [0.15, 0.2) is 22.7 Å². The maximum absolute atomic E-state index is 12.2. The Labute approximate surface area is 156 Å². The highest BCUT2D eigenvalue weighted by atomic mass is 79.9. The van der Waals surface area contributed by atoms with Gasteiger partial charge in [-0.1, -0.05) is 22.0 Å². The van der Waals surface area contributed by atoms with Crippen LogP contribution in [0.5, 0.6) is 0 Å². The van der Waals surface area contributed by atoms with Gasteiger partial charge in [-0.2, -0.15) is 4.31 Å². The van der Waals surface area contributed by atoms with Gasteiger partial charge in [-0.05, 0) is 37.5 Å². The Balaban J connectivity index is 1.83. The second kappa shape index (κ2) is 8.29. The summed E-state index contributed by atoms with van der Waals surface area (Å²) >= 11 is 3.36. The van der Waals surface area contributed by atoms with E-state index in [-0.39, 0.29) is 24.8 Å². The van der Waals surface area contributed by atoms with Gasteiger partial charge in [-0.25, -0.2) is 8.42 Å². The first-order valence-corrected chi connectivity index (χ1v) is 10.6. The minimum absolute atomic E-state index is 0.114. The van der Waals surface area contributed by atoms with Crippen molar-refractivity contribution in [3.63, 3.8) is 0 Å². The molecule has 0 saturated carbocycles. The van der Waals surface area contributed by atoms with Crippen LogP contribution in [0.25, 0.3) is 0 Å². The summed E-state index contributed by atoms with van der Waals surface area (Å²) in [5.41, 5.74) is 1.65. The third-order valence-corrected chi connectivity index (χ3v) is 5.84. The van der Waals surface area contributed by atoms with Crippen LogP contribution >= 0.6 is 15.9 Å². The molecule has 1 aliphatic rings. The van der Waals surface area contributed by atoms with Crippen LogP contribution in [0, 0.1) is 6.92 Å². The lowest BCUT2D eigenvalue weighted by Crippen LogP contribution is -2.46. The predicted molar refractivity (Wildman–Crippen MR) is 99.7 cm³/mol. The number of aryl methyl sites for hydroxylation is 1. The molecule has 0 spiro atoms. The quantitative estimate of drug-likeness (QED) is 0.715. The standard InChI is InChI=1S/C16H22BrN3O4S/c1-11-5-6-12(17)10-13(11)19-15(21)7-8-18-16(22)14-4-3-9-20(14)25(2,23)24/h5-6,10,14H,3-4,7-9H2,1-2H3,(H,18,22)(H,19,21). The van der Waals surface area contributed by atoms with Crippen LogP contribution < -0.4 is 10.6 Å². The highest BCUT2D eigenvalue weighted by Gasteiger charge is 2.36. The minimum Gasteiger partial charge on any atom is -0.354 e. The largest absolute Gasteiger partial charge is 0.354 e. The molecule has 2 amide bonds. The van der Waals surface area contributed by atoms with Gasteiger partial charge in [0.15, 0.2) is 0 Å². The van der Waals surface area contributed by atoms with E-state index in [1.165, 1.54) is 4.31 Å². The van der Waals surface area contributed by atoms with Gasteiger partial charge in [-0.15, -0.1) is 0 Å². The maximum Gasteiger partial charge on any atom is 0.238 e. The number of sulfonamides is 1. The zero-order chi connectivity index (χ0) is 18.6. The summed E-state index contributed by atoms with van der Waals surface area (Å²) in [5, 5.41) is 5.46. The number of nitrogens with zero attached hydrogens (tertiary/aromatic N) is 1. The van der Waals surface area contributed by atoms with Crippen LogP contribution in [-0.4, -0.2) is 49.9 Å². The average Bonchev–Trinajstić information content (AvgIpc) is 3.00. The minimum atomic E-state index is -3.40. The molecule has 9 heteroatoms.